The maximum absolute atomic E-state index is 8.46. The Balaban J connectivity index is 2.47. The topological polar surface area (TPSA) is 61.7 Å². The first-order valence-electron chi connectivity index (χ1n) is 4.37. The molecule has 5 heteroatoms. The molecule has 0 radical (unpaired) electrons. The van der Waals surface area contributed by atoms with Crippen molar-refractivity contribution in [2.75, 3.05) is 0 Å². The molecule has 1 fully saturated rings. The molecule has 0 N–H and O–H groups in total. The number of pyridine rings is 1. The summed E-state index contributed by atoms with van der Waals surface area (Å²) in [7, 11) is 0. The highest BCUT2D eigenvalue weighted by Crippen LogP contribution is 2.50. The first kappa shape index (κ1) is 9.31. The van der Waals surface area contributed by atoms with Gasteiger partial charge in [-0.2, -0.15) is 0 Å². The summed E-state index contributed by atoms with van der Waals surface area (Å²) in [6.45, 7) is 1.95. The molecule has 1 heterocycles. The van der Waals surface area contributed by atoms with Crippen LogP contribution in [-0.2, 0) is 5.54 Å². The van der Waals surface area contributed by atoms with E-state index in [1.165, 1.54) is 0 Å². The highest BCUT2D eigenvalue weighted by atomic mass is 35.5. The average molecular weight is 209 g/mol. The predicted molar refractivity (Wildman–Crippen MR) is 54.0 cm³/mol. The van der Waals surface area contributed by atoms with Crippen molar-refractivity contribution >= 4 is 11.6 Å². The van der Waals surface area contributed by atoms with Crippen molar-refractivity contribution in [1.29, 1.82) is 0 Å². The van der Waals surface area contributed by atoms with Gasteiger partial charge in [-0.15, -0.1) is 0 Å². The number of hydrogen-bond acceptors (Lipinski definition) is 2. The van der Waals surface area contributed by atoms with Crippen LogP contribution < -0.4 is 0 Å². The minimum Gasteiger partial charge on any atom is -0.244 e. The molecule has 72 valence electrons. The van der Waals surface area contributed by atoms with Gasteiger partial charge in [0.05, 0.1) is 5.54 Å². The molecule has 0 saturated heterocycles. The summed E-state index contributed by atoms with van der Waals surface area (Å²) in [6, 6.07) is 1.80. The van der Waals surface area contributed by atoms with Crippen LogP contribution in [0.3, 0.4) is 0 Å². The number of hydrogen-bond donors (Lipinski definition) is 0. The number of azide groups is 1. The summed E-state index contributed by atoms with van der Waals surface area (Å²) >= 11 is 5.75. The Morgan fingerprint density at radius 1 is 1.64 bits per heavy atom. The van der Waals surface area contributed by atoms with Gasteiger partial charge < -0.3 is 0 Å². The van der Waals surface area contributed by atoms with Gasteiger partial charge in [0, 0.05) is 11.1 Å². The molecule has 2 rings (SSSR count). The molecule has 0 aromatic carbocycles. The molecule has 0 amide bonds. The van der Waals surface area contributed by atoms with Crippen LogP contribution in [0.25, 0.3) is 10.4 Å². The molecule has 1 aromatic rings. The van der Waals surface area contributed by atoms with Crippen molar-refractivity contribution in [3.63, 3.8) is 0 Å². The van der Waals surface area contributed by atoms with E-state index in [2.05, 4.69) is 15.0 Å². The quantitative estimate of drug-likeness (QED) is 0.318. The molecule has 0 atom stereocenters. The Bertz CT molecular complexity index is 419. The Hall–Kier alpha value is -1.25. The van der Waals surface area contributed by atoms with Crippen molar-refractivity contribution in [3.05, 3.63) is 39.0 Å². The number of halogens is 1. The summed E-state index contributed by atoms with van der Waals surface area (Å²) in [5.41, 5.74) is 10.2. The molecule has 1 saturated carbocycles. The lowest BCUT2D eigenvalue weighted by Gasteiger charge is -2.11. The van der Waals surface area contributed by atoms with Crippen LogP contribution in [0.1, 0.15) is 24.0 Å². The summed E-state index contributed by atoms with van der Waals surface area (Å²) in [6.07, 6.45) is 3.52. The molecule has 1 aromatic heterocycles. The smallest absolute Gasteiger partial charge is 0.129 e. The summed E-state index contributed by atoms with van der Waals surface area (Å²) < 4.78 is 0. The fraction of sp³-hybridized carbons (Fsp3) is 0.444. The van der Waals surface area contributed by atoms with Crippen LogP contribution in [0.4, 0.5) is 0 Å². The molecule has 0 spiro atoms. The predicted octanol–water partition coefficient (Wildman–Crippen LogP) is 3.34. The SMILES string of the molecule is Cc1cc(Cl)ncc1C1(N=[N+]=[N-])CC1. The highest BCUT2D eigenvalue weighted by Gasteiger charge is 2.44. The van der Waals surface area contributed by atoms with Gasteiger partial charge in [0.25, 0.3) is 0 Å². The van der Waals surface area contributed by atoms with Gasteiger partial charge in [-0.1, -0.05) is 16.7 Å². The van der Waals surface area contributed by atoms with Crippen molar-refractivity contribution in [2.45, 2.75) is 25.3 Å². The third-order valence-electron chi connectivity index (χ3n) is 2.54. The second-order valence-corrected chi connectivity index (χ2v) is 3.93. The van der Waals surface area contributed by atoms with Crippen molar-refractivity contribution in [2.24, 2.45) is 5.11 Å². The fourth-order valence-electron chi connectivity index (χ4n) is 1.64. The van der Waals surface area contributed by atoms with Gasteiger partial charge in [0.1, 0.15) is 5.15 Å². The van der Waals surface area contributed by atoms with Crippen LogP contribution in [0.15, 0.2) is 17.4 Å². The van der Waals surface area contributed by atoms with Gasteiger partial charge in [0.2, 0.25) is 0 Å². The molecule has 14 heavy (non-hydrogen) atoms. The van der Waals surface area contributed by atoms with Gasteiger partial charge in [-0.3, -0.25) is 0 Å². The van der Waals surface area contributed by atoms with Crippen molar-refractivity contribution < 1.29 is 0 Å². The van der Waals surface area contributed by atoms with Crippen LogP contribution in [0.2, 0.25) is 5.15 Å². The summed E-state index contributed by atoms with van der Waals surface area (Å²) in [5.74, 6) is 0. The van der Waals surface area contributed by atoms with Crippen LogP contribution in [-0.4, -0.2) is 4.98 Å². The van der Waals surface area contributed by atoms with Crippen LogP contribution >= 0.6 is 11.6 Å². The zero-order chi connectivity index (χ0) is 10.2. The lowest BCUT2D eigenvalue weighted by molar-refractivity contribution is 0.720. The maximum atomic E-state index is 8.46. The molecule has 0 unspecified atom stereocenters. The lowest BCUT2D eigenvalue weighted by Crippen LogP contribution is -2.04. The van der Waals surface area contributed by atoms with E-state index >= 15 is 0 Å². The summed E-state index contributed by atoms with van der Waals surface area (Å²) in [4.78, 5) is 6.88. The largest absolute Gasteiger partial charge is 0.244 e. The van der Waals surface area contributed by atoms with E-state index in [1.54, 1.807) is 12.3 Å². The standard InChI is InChI=1S/C9H9ClN4/c1-6-4-8(10)12-5-7(6)9(2-3-9)13-14-11/h4-5H,2-3H2,1H3. The number of aromatic nitrogens is 1. The zero-order valence-electron chi connectivity index (χ0n) is 7.74. The minimum absolute atomic E-state index is 0.337. The van der Waals surface area contributed by atoms with Crippen LogP contribution in [0, 0.1) is 6.92 Å². The molecule has 1 aliphatic carbocycles. The van der Waals surface area contributed by atoms with Gasteiger partial charge in [-0.25, -0.2) is 4.98 Å². The first-order valence-corrected chi connectivity index (χ1v) is 4.75. The monoisotopic (exact) mass is 208 g/mol. The van der Waals surface area contributed by atoms with E-state index in [1.807, 2.05) is 6.92 Å². The third-order valence-corrected chi connectivity index (χ3v) is 2.75. The normalized spacial score (nSPS) is 17.3. The van der Waals surface area contributed by atoms with E-state index in [9.17, 15) is 0 Å². The van der Waals surface area contributed by atoms with Crippen LogP contribution in [0.5, 0.6) is 0 Å². The van der Waals surface area contributed by atoms with Gasteiger partial charge >= 0.3 is 0 Å². The second kappa shape index (κ2) is 3.15. The Kier molecular flexibility index (Phi) is 2.10. The fourth-order valence-corrected chi connectivity index (χ4v) is 1.85. The number of nitrogens with zero attached hydrogens (tertiary/aromatic N) is 4. The third kappa shape index (κ3) is 1.43. The number of aryl methyl sites for hydroxylation is 1. The van der Waals surface area contributed by atoms with Crippen molar-refractivity contribution in [1.82, 2.24) is 4.98 Å². The summed E-state index contributed by atoms with van der Waals surface area (Å²) in [5, 5.41) is 4.30. The molecule has 4 nitrogen and oxygen atoms in total. The molecular formula is C9H9ClN4. The highest BCUT2D eigenvalue weighted by molar-refractivity contribution is 6.29. The van der Waals surface area contributed by atoms with Gasteiger partial charge in [-0.05, 0) is 42.5 Å². The van der Waals surface area contributed by atoms with Crippen molar-refractivity contribution in [3.8, 4) is 0 Å². The van der Waals surface area contributed by atoms with Gasteiger partial charge in [0.15, 0.2) is 0 Å². The molecule has 0 bridgehead atoms. The second-order valence-electron chi connectivity index (χ2n) is 3.54. The van der Waals surface area contributed by atoms with E-state index in [0.29, 0.717) is 5.15 Å². The Morgan fingerprint density at radius 3 is 2.86 bits per heavy atom. The van der Waals surface area contributed by atoms with E-state index < -0.39 is 0 Å². The molecule has 1 aliphatic rings. The van der Waals surface area contributed by atoms with E-state index in [0.717, 1.165) is 24.0 Å². The molecular weight excluding hydrogens is 200 g/mol. The maximum Gasteiger partial charge on any atom is 0.129 e. The Labute approximate surface area is 86.5 Å². The minimum atomic E-state index is -0.337. The lowest BCUT2D eigenvalue weighted by atomic mass is 10.0. The van der Waals surface area contributed by atoms with E-state index in [4.69, 9.17) is 17.1 Å². The average Bonchev–Trinajstić information content (AvgIpc) is 2.86. The zero-order valence-corrected chi connectivity index (χ0v) is 8.49. The first-order chi connectivity index (χ1) is 6.68. The Morgan fingerprint density at radius 2 is 2.36 bits per heavy atom. The number of rotatable bonds is 2. The molecule has 0 aliphatic heterocycles. The van der Waals surface area contributed by atoms with E-state index in [-0.39, 0.29) is 5.54 Å².